The third-order valence-corrected chi connectivity index (χ3v) is 4.80. The predicted molar refractivity (Wildman–Crippen MR) is 78.2 cm³/mol. The lowest BCUT2D eigenvalue weighted by Gasteiger charge is -2.41. The third-order valence-electron chi connectivity index (χ3n) is 4.80. The highest BCUT2D eigenvalue weighted by atomic mass is 19.4. The van der Waals surface area contributed by atoms with Gasteiger partial charge in [0.2, 0.25) is 5.91 Å². The second kappa shape index (κ2) is 6.35. The number of nitrogens with zero attached hydrogens (tertiary/aromatic N) is 2. The molecule has 1 saturated carbocycles. The van der Waals surface area contributed by atoms with E-state index < -0.39 is 18.6 Å². The van der Waals surface area contributed by atoms with E-state index in [0.29, 0.717) is 6.54 Å². The number of hydrogen-bond donors (Lipinski definition) is 1. The van der Waals surface area contributed by atoms with E-state index in [9.17, 15) is 18.0 Å². The lowest BCUT2D eigenvalue weighted by molar-refractivity contribution is -0.162. The zero-order chi connectivity index (χ0) is 16.5. The van der Waals surface area contributed by atoms with E-state index in [1.807, 2.05) is 18.7 Å². The van der Waals surface area contributed by atoms with Crippen LogP contribution in [-0.4, -0.2) is 60.6 Å². The van der Waals surface area contributed by atoms with Gasteiger partial charge in [0.05, 0.1) is 6.54 Å². The number of rotatable bonds is 5. The van der Waals surface area contributed by atoms with E-state index >= 15 is 0 Å². The largest absolute Gasteiger partial charge is 0.406 e. The maximum atomic E-state index is 12.7. The molecule has 2 fully saturated rings. The van der Waals surface area contributed by atoms with Gasteiger partial charge in [0.25, 0.3) is 0 Å². The van der Waals surface area contributed by atoms with E-state index in [1.54, 1.807) is 0 Å². The fourth-order valence-corrected chi connectivity index (χ4v) is 3.58. The topological polar surface area (TPSA) is 49.6 Å². The van der Waals surface area contributed by atoms with Gasteiger partial charge in [0.15, 0.2) is 0 Å². The minimum atomic E-state index is -4.36. The number of halogens is 3. The average Bonchev–Trinajstić information content (AvgIpc) is 2.62. The summed E-state index contributed by atoms with van der Waals surface area (Å²) in [5.41, 5.74) is 6.26. The molecule has 0 radical (unpaired) electrons. The molecule has 1 spiro atoms. The standard InChI is InChI=1S/C15H26F3N3O/c1-11(2)6-21(10-15(16,17)18)13(22)8-20-7-12(19)14(9-20)4-3-5-14/h11-12H,3-10,19H2,1-2H3. The molecule has 1 aliphatic heterocycles. The van der Waals surface area contributed by atoms with E-state index in [1.165, 1.54) is 0 Å². The van der Waals surface area contributed by atoms with Crippen molar-refractivity contribution in [2.24, 2.45) is 17.1 Å². The van der Waals surface area contributed by atoms with Crippen LogP contribution < -0.4 is 5.73 Å². The third kappa shape index (κ3) is 4.13. The van der Waals surface area contributed by atoms with Crippen LogP contribution >= 0.6 is 0 Å². The van der Waals surface area contributed by atoms with Gasteiger partial charge >= 0.3 is 6.18 Å². The Morgan fingerprint density at radius 2 is 2.05 bits per heavy atom. The van der Waals surface area contributed by atoms with Gasteiger partial charge in [0.1, 0.15) is 6.54 Å². The fraction of sp³-hybridized carbons (Fsp3) is 0.933. The summed E-state index contributed by atoms with van der Waals surface area (Å²) >= 11 is 0. The first-order chi connectivity index (χ1) is 10.1. The first-order valence-corrected chi connectivity index (χ1v) is 7.94. The molecule has 7 heteroatoms. The average molecular weight is 321 g/mol. The van der Waals surface area contributed by atoms with Crippen LogP contribution in [0.4, 0.5) is 13.2 Å². The van der Waals surface area contributed by atoms with Gasteiger partial charge in [-0.15, -0.1) is 0 Å². The normalized spacial score (nSPS) is 24.8. The number of hydrogen-bond acceptors (Lipinski definition) is 3. The zero-order valence-electron chi connectivity index (χ0n) is 13.3. The van der Waals surface area contributed by atoms with Crippen molar-refractivity contribution in [2.45, 2.75) is 45.3 Å². The van der Waals surface area contributed by atoms with E-state index in [2.05, 4.69) is 0 Å². The summed E-state index contributed by atoms with van der Waals surface area (Å²) in [6, 6.07) is 0.0372. The molecule has 1 aliphatic carbocycles. The smallest absolute Gasteiger partial charge is 0.332 e. The number of amides is 1. The molecule has 1 unspecified atom stereocenters. The number of nitrogens with two attached hydrogens (primary N) is 1. The summed E-state index contributed by atoms with van der Waals surface area (Å²) in [6.45, 7) is 3.96. The van der Waals surface area contributed by atoms with Crippen LogP contribution in [0.25, 0.3) is 0 Å². The van der Waals surface area contributed by atoms with Crippen molar-refractivity contribution in [3.05, 3.63) is 0 Å². The molecule has 22 heavy (non-hydrogen) atoms. The van der Waals surface area contributed by atoms with E-state index in [4.69, 9.17) is 5.73 Å². The molecule has 4 nitrogen and oxygen atoms in total. The van der Waals surface area contributed by atoms with Crippen LogP contribution in [-0.2, 0) is 4.79 Å². The summed E-state index contributed by atoms with van der Waals surface area (Å²) in [6.07, 6.45) is -1.07. The molecule has 0 aromatic carbocycles. The van der Waals surface area contributed by atoms with Crippen molar-refractivity contribution in [1.29, 1.82) is 0 Å². The molecule has 128 valence electrons. The van der Waals surface area contributed by atoms with Crippen LogP contribution in [0.3, 0.4) is 0 Å². The molecule has 2 N–H and O–H groups in total. The van der Waals surface area contributed by atoms with E-state index in [0.717, 1.165) is 30.7 Å². The number of carbonyl (C=O) groups excluding carboxylic acids is 1. The van der Waals surface area contributed by atoms with Crippen molar-refractivity contribution in [2.75, 3.05) is 32.7 Å². The first-order valence-electron chi connectivity index (χ1n) is 7.94. The van der Waals surface area contributed by atoms with Crippen LogP contribution in [0.1, 0.15) is 33.1 Å². The molecule has 1 saturated heterocycles. The Labute approximate surface area is 129 Å². The minimum Gasteiger partial charge on any atom is -0.332 e. The van der Waals surface area contributed by atoms with E-state index in [-0.39, 0.29) is 30.5 Å². The molecular formula is C15H26F3N3O. The molecule has 2 aliphatic rings. The molecule has 1 amide bonds. The van der Waals surface area contributed by atoms with Crippen LogP contribution in [0.15, 0.2) is 0 Å². The lowest BCUT2D eigenvalue weighted by Crippen LogP contribution is -2.46. The maximum Gasteiger partial charge on any atom is 0.406 e. The SMILES string of the molecule is CC(C)CN(CC(F)(F)F)C(=O)CN1CC(N)C2(CCC2)C1. The molecular weight excluding hydrogens is 295 g/mol. The van der Waals surface area contributed by atoms with Gasteiger partial charge in [-0.3, -0.25) is 9.69 Å². The molecule has 1 atom stereocenters. The molecule has 0 aromatic rings. The highest BCUT2D eigenvalue weighted by Gasteiger charge is 2.49. The monoisotopic (exact) mass is 321 g/mol. The minimum absolute atomic E-state index is 0.00473. The highest BCUT2D eigenvalue weighted by Crippen LogP contribution is 2.47. The van der Waals surface area contributed by atoms with Crippen molar-refractivity contribution in [1.82, 2.24) is 9.80 Å². The van der Waals surface area contributed by atoms with Crippen LogP contribution in [0.5, 0.6) is 0 Å². The number of alkyl halides is 3. The quantitative estimate of drug-likeness (QED) is 0.841. The van der Waals surface area contributed by atoms with Crippen molar-refractivity contribution in [3.63, 3.8) is 0 Å². The first kappa shape index (κ1) is 17.5. The molecule has 2 rings (SSSR count). The van der Waals surface area contributed by atoms with Gasteiger partial charge in [0, 0.05) is 25.7 Å². The summed E-state index contributed by atoms with van der Waals surface area (Å²) < 4.78 is 38.0. The highest BCUT2D eigenvalue weighted by molar-refractivity contribution is 5.78. The van der Waals surface area contributed by atoms with Crippen molar-refractivity contribution >= 4 is 5.91 Å². The fourth-order valence-electron chi connectivity index (χ4n) is 3.58. The van der Waals surface area contributed by atoms with Crippen molar-refractivity contribution < 1.29 is 18.0 Å². The summed E-state index contributed by atoms with van der Waals surface area (Å²) in [4.78, 5) is 15.1. The summed E-state index contributed by atoms with van der Waals surface area (Å²) in [5.74, 6) is -0.445. The van der Waals surface area contributed by atoms with Gasteiger partial charge in [-0.2, -0.15) is 13.2 Å². The second-order valence-electron chi connectivity index (χ2n) is 7.28. The number of likely N-dealkylation sites (tertiary alicyclic amines) is 1. The number of carbonyl (C=O) groups is 1. The van der Waals surface area contributed by atoms with Crippen LogP contribution in [0, 0.1) is 11.3 Å². The Hall–Kier alpha value is -0.820. The molecule has 0 aromatic heterocycles. The zero-order valence-corrected chi connectivity index (χ0v) is 13.3. The van der Waals surface area contributed by atoms with Gasteiger partial charge in [-0.1, -0.05) is 20.3 Å². The Bertz CT molecular complexity index is 407. The van der Waals surface area contributed by atoms with Gasteiger partial charge in [-0.25, -0.2) is 0 Å². The lowest BCUT2D eigenvalue weighted by atomic mass is 9.66. The maximum absolute atomic E-state index is 12.7. The summed E-state index contributed by atoms with van der Waals surface area (Å²) in [5, 5.41) is 0. The summed E-state index contributed by atoms with van der Waals surface area (Å²) in [7, 11) is 0. The van der Waals surface area contributed by atoms with Gasteiger partial charge in [-0.05, 0) is 24.2 Å². The Kier molecular flexibility index (Phi) is 5.06. The second-order valence-corrected chi connectivity index (χ2v) is 7.28. The Morgan fingerprint density at radius 3 is 2.45 bits per heavy atom. The molecule has 1 heterocycles. The predicted octanol–water partition coefficient (Wildman–Crippen LogP) is 1.85. The Morgan fingerprint density at radius 1 is 1.41 bits per heavy atom. The van der Waals surface area contributed by atoms with Crippen molar-refractivity contribution in [3.8, 4) is 0 Å². The molecule has 0 bridgehead atoms. The van der Waals surface area contributed by atoms with Gasteiger partial charge < -0.3 is 10.6 Å². The van der Waals surface area contributed by atoms with Crippen LogP contribution in [0.2, 0.25) is 0 Å². The Balaban J connectivity index is 1.93.